The van der Waals surface area contributed by atoms with Gasteiger partial charge in [0.05, 0.1) is 24.6 Å². The van der Waals surface area contributed by atoms with Crippen LogP contribution in [0.2, 0.25) is 0 Å². The highest BCUT2D eigenvalue weighted by atomic mass is 19.2. The first-order valence-corrected chi connectivity index (χ1v) is 7.89. The lowest BCUT2D eigenvalue weighted by molar-refractivity contribution is 0.0948. The van der Waals surface area contributed by atoms with Gasteiger partial charge in [0.1, 0.15) is 11.3 Å². The summed E-state index contributed by atoms with van der Waals surface area (Å²) < 4.78 is 37.4. The molecule has 0 atom stereocenters. The highest BCUT2D eigenvalue weighted by Gasteiger charge is 2.17. The van der Waals surface area contributed by atoms with Gasteiger partial charge in [0.2, 0.25) is 0 Å². The predicted molar refractivity (Wildman–Crippen MR) is 91.4 cm³/mol. The van der Waals surface area contributed by atoms with E-state index in [4.69, 9.17) is 8.83 Å². The van der Waals surface area contributed by atoms with E-state index in [0.717, 1.165) is 12.1 Å². The molecule has 0 aliphatic rings. The Bertz CT molecular complexity index is 1080. The Hall–Kier alpha value is -3.41. The molecule has 0 radical (unpaired) electrons. The lowest BCUT2D eigenvalue weighted by Crippen LogP contribution is -2.22. The van der Waals surface area contributed by atoms with Gasteiger partial charge < -0.3 is 14.2 Å². The minimum absolute atomic E-state index is 0.249. The van der Waals surface area contributed by atoms with E-state index in [1.165, 1.54) is 18.6 Å². The Morgan fingerprint density at radius 3 is 2.65 bits per heavy atom. The molecule has 0 saturated heterocycles. The predicted octanol–water partition coefficient (Wildman–Crippen LogP) is 4.90. The zero-order valence-electron chi connectivity index (χ0n) is 13.5. The number of amides is 1. The maximum Gasteiger partial charge on any atom is 0.255 e. The van der Waals surface area contributed by atoms with Crippen LogP contribution in [-0.2, 0) is 6.54 Å². The lowest BCUT2D eigenvalue weighted by atomic mass is 10.0. The molecule has 4 rings (SSSR count). The van der Waals surface area contributed by atoms with Gasteiger partial charge in [-0.1, -0.05) is 18.2 Å². The fourth-order valence-corrected chi connectivity index (χ4v) is 2.80. The van der Waals surface area contributed by atoms with E-state index in [2.05, 4.69) is 5.32 Å². The Balaban J connectivity index is 1.68. The molecule has 0 fully saturated rings. The van der Waals surface area contributed by atoms with Crippen LogP contribution >= 0.6 is 0 Å². The van der Waals surface area contributed by atoms with E-state index in [-0.39, 0.29) is 12.5 Å². The molecule has 6 heteroatoms. The summed E-state index contributed by atoms with van der Waals surface area (Å²) in [6.45, 7) is 0.249. The third-order valence-electron chi connectivity index (χ3n) is 4.08. The molecule has 2 aromatic heterocycles. The van der Waals surface area contributed by atoms with Crippen LogP contribution in [0.4, 0.5) is 8.78 Å². The average molecular weight is 353 g/mol. The third kappa shape index (κ3) is 2.86. The number of hydrogen-bond acceptors (Lipinski definition) is 3. The summed E-state index contributed by atoms with van der Waals surface area (Å²) in [6, 6.07) is 12.2. The van der Waals surface area contributed by atoms with Crippen LogP contribution in [0, 0.1) is 11.6 Å². The maximum atomic E-state index is 13.5. The van der Waals surface area contributed by atoms with Crippen LogP contribution in [0.5, 0.6) is 0 Å². The topological polar surface area (TPSA) is 55.4 Å². The first-order valence-electron chi connectivity index (χ1n) is 7.89. The molecule has 0 aliphatic carbocycles. The first-order chi connectivity index (χ1) is 12.6. The van der Waals surface area contributed by atoms with Crippen LogP contribution in [0.3, 0.4) is 0 Å². The number of nitrogens with one attached hydrogen (secondary N) is 1. The second-order valence-electron chi connectivity index (χ2n) is 5.72. The van der Waals surface area contributed by atoms with Crippen LogP contribution in [0.15, 0.2) is 69.9 Å². The zero-order valence-corrected chi connectivity index (χ0v) is 13.5. The standard InChI is InChI=1S/C20H13F2NO3/c21-17-7-6-12(9-18(17)22)16-11-26-19-14(16)4-1-5-15(19)20(24)23-10-13-3-2-8-25-13/h1-9,11H,10H2,(H,23,24). The molecule has 1 amide bonds. The number of carbonyl (C=O) groups is 1. The number of fused-ring (bicyclic) bond motifs is 1. The molecule has 2 heterocycles. The summed E-state index contributed by atoms with van der Waals surface area (Å²) in [5, 5.41) is 3.40. The summed E-state index contributed by atoms with van der Waals surface area (Å²) in [4.78, 5) is 12.5. The van der Waals surface area contributed by atoms with Crippen molar-refractivity contribution in [3.63, 3.8) is 0 Å². The maximum absolute atomic E-state index is 13.5. The molecule has 4 nitrogen and oxygen atoms in total. The highest BCUT2D eigenvalue weighted by molar-refractivity contribution is 6.08. The molecule has 0 aliphatic heterocycles. The summed E-state index contributed by atoms with van der Waals surface area (Å²) >= 11 is 0. The molecule has 0 unspecified atom stereocenters. The van der Waals surface area contributed by atoms with E-state index in [9.17, 15) is 13.6 Å². The summed E-state index contributed by atoms with van der Waals surface area (Å²) in [6.07, 6.45) is 2.96. The van der Waals surface area contributed by atoms with Crippen molar-refractivity contribution in [3.05, 3.63) is 84.0 Å². The van der Waals surface area contributed by atoms with Gasteiger partial charge in [-0.15, -0.1) is 0 Å². The normalized spacial score (nSPS) is 11.0. The molecule has 4 aromatic rings. The van der Waals surface area contributed by atoms with Gasteiger partial charge in [0.15, 0.2) is 11.6 Å². The lowest BCUT2D eigenvalue weighted by Gasteiger charge is -2.04. The Labute approximate surface area is 147 Å². The fourth-order valence-electron chi connectivity index (χ4n) is 2.80. The van der Waals surface area contributed by atoms with E-state index in [1.807, 2.05) is 0 Å². The van der Waals surface area contributed by atoms with E-state index < -0.39 is 11.6 Å². The summed E-state index contributed by atoms with van der Waals surface area (Å²) in [7, 11) is 0. The zero-order chi connectivity index (χ0) is 18.1. The Morgan fingerprint density at radius 1 is 1.00 bits per heavy atom. The van der Waals surface area contributed by atoms with Gasteiger partial charge in [-0.2, -0.15) is 0 Å². The fraction of sp³-hybridized carbons (Fsp3) is 0.0500. The average Bonchev–Trinajstić information content (AvgIpc) is 3.31. The first kappa shape index (κ1) is 16.1. The van der Waals surface area contributed by atoms with Gasteiger partial charge in [-0.3, -0.25) is 4.79 Å². The molecular formula is C20H13F2NO3. The van der Waals surface area contributed by atoms with Crippen molar-refractivity contribution in [1.82, 2.24) is 5.32 Å². The molecule has 0 bridgehead atoms. The van der Waals surface area contributed by atoms with Crippen molar-refractivity contribution in [3.8, 4) is 11.1 Å². The van der Waals surface area contributed by atoms with E-state index in [0.29, 0.717) is 33.4 Å². The number of hydrogen-bond donors (Lipinski definition) is 1. The largest absolute Gasteiger partial charge is 0.467 e. The Kier molecular flexibility index (Phi) is 4.01. The molecule has 0 spiro atoms. The minimum atomic E-state index is -0.941. The number of carbonyl (C=O) groups excluding carboxylic acids is 1. The van der Waals surface area contributed by atoms with Crippen LogP contribution in [0.1, 0.15) is 16.1 Å². The van der Waals surface area contributed by atoms with E-state index >= 15 is 0 Å². The van der Waals surface area contributed by atoms with Gasteiger partial charge in [0.25, 0.3) is 5.91 Å². The van der Waals surface area contributed by atoms with Crippen LogP contribution in [-0.4, -0.2) is 5.91 Å². The summed E-state index contributed by atoms with van der Waals surface area (Å²) in [5.41, 5.74) is 1.78. The molecular weight excluding hydrogens is 340 g/mol. The number of para-hydroxylation sites is 1. The Morgan fingerprint density at radius 2 is 1.88 bits per heavy atom. The minimum Gasteiger partial charge on any atom is -0.467 e. The second kappa shape index (κ2) is 6.48. The SMILES string of the molecule is O=C(NCc1ccco1)c1cccc2c(-c3ccc(F)c(F)c3)coc12. The third-order valence-corrected chi connectivity index (χ3v) is 4.08. The van der Waals surface area contributed by atoms with Crippen molar-refractivity contribution >= 4 is 16.9 Å². The molecule has 130 valence electrons. The van der Waals surface area contributed by atoms with Crippen molar-refractivity contribution in [2.45, 2.75) is 6.54 Å². The number of furan rings is 2. The monoisotopic (exact) mass is 353 g/mol. The molecule has 26 heavy (non-hydrogen) atoms. The van der Waals surface area contributed by atoms with Crippen LogP contribution in [0.25, 0.3) is 22.1 Å². The van der Waals surface area contributed by atoms with E-state index in [1.54, 1.807) is 30.3 Å². The smallest absolute Gasteiger partial charge is 0.255 e. The van der Waals surface area contributed by atoms with Crippen molar-refractivity contribution in [1.29, 1.82) is 0 Å². The van der Waals surface area contributed by atoms with Gasteiger partial charge in [-0.25, -0.2) is 8.78 Å². The van der Waals surface area contributed by atoms with Gasteiger partial charge >= 0.3 is 0 Å². The van der Waals surface area contributed by atoms with Crippen LogP contribution < -0.4 is 5.32 Å². The van der Waals surface area contributed by atoms with Crippen molar-refractivity contribution in [2.24, 2.45) is 0 Å². The van der Waals surface area contributed by atoms with Crippen molar-refractivity contribution in [2.75, 3.05) is 0 Å². The highest BCUT2D eigenvalue weighted by Crippen LogP contribution is 2.33. The van der Waals surface area contributed by atoms with Gasteiger partial charge in [0, 0.05) is 10.9 Å². The summed E-state index contributed by atoms with van der Waals surface area (Å²) in [5.74, 6) is -1.55. The number of rotatable bonds is 4. The molecule has 2 aromatic carbocycles. The number of benzene rings is 2. The number of halogens is 2. The molecule has 1 N–H and O–H groups in total. The quantitative estimate of drug-likeness (QED) is 0.568. The second-order valence-corrected chi connectivity index (χ2v) is 5.72. The van der Waals surface area contributed by atoms with Crippen molar-refractivity contribution < 1.29 is 22.4 Å². The van der Waals surface area contributed by atoms with Gasteiger partial charge in [-0.05, 0) is 35.9 Å². The molecule has 0 saturated carbocycles.